The van der Waals surface area contributed by atoms with Gasteiger partial charge in [0.2, 0.25) is 0 Å². The van der Waals surface area contributed by atoms with E-state index < -0.39 is 0 Å². The summed E-state index contributed by atoms with van der Waals surface area (Å²) in [7, 11) is 0. The highest BCUT2D eigenvalue weighted by Crippen LogP contribution is 2.17. The molecule has 0 radical (unpaired) electrons. The van der Waals surface area contributed by atoms with Crippen LogP contribution in [-0.4, -0.2) is 22.3 Å². The summed E-state index contributed by atoms with van der Waals surface area (Å²) in [5, 5.41) is 3.31. The van der Waals surface area contributed by atoms with Crippen LogP contribution in [0.1, 0.15) is 28.5 Å². The van der Waals surface area contributed by atoms with Crippen LogP contribution < -0.4 is 5.32 Å². The molecule has 0 aliphatic carbocycles. The summed E-state index contributed by atoms with van der Waals surface area (Å²) >= 11 is 0. The van der Waals surface area contributed by atoms with Gasteiger partial charge in [-0.2, -0.15) is 0 Å². The molecule has 1 aromatic heterocycles. The minimum Gasteiger partial charge on any atom is -0.354 e. The molecule has 0 saturated heterocycles. The van der Waals surface area contributed by atoms with Crippen LogP contribution in [0, 0.1) is 6.92 Å². The zero-order valence-electron chi connectivity index (χ0n) is 15.1. The van der Waals surface area contributed by atoms with Gasteiger partial charge in [0, 0.05) is 18.8 Å². The summed E-state index contributed by atoms with van der Waals surface area (Å²) in [4.78, 5) is 18.9. The van der Waals surface area contributed by atoms with Crippen molar-refractivity contribution in [3.05, 3.63) is 89.7 Å². The van der Waals surface area contributed by atoms with E-state index in [1.165, 1.54) is 5.56 Å². The lowest BCUT2D eigenvalue weighted by molar-refractivity contribution is 0.0746. The number of hydrogen-bond donors (Lipinski definition) is 1. The van der Waals surface area contributed by atoms with Crippen molar-refractivity contribution < 1.29 is 4.79 Å². The lowest BCUT2D eigenvalue weighted by atomic mass is 10.2. The summed E-state index contributed by atoms with van der Waals surface area (Å²) in [6.45, 7) is 5.26. The smallest absolute Gasteiger partial charge is 0.272 e. The SMILES string of the molecule is CCN(Cc1ccccc1)C(=O)c1ccc(Nc2cccc(C)c2)cn1. The zero-order valence-corrected chi connectivity index (χ0v) is 15.1. The van der Waals surface area contributed by atoms with Crippen molar-refractivity contribution in [3.63, 3.8) is 0 Å². The largest absolute Gasteiger partial charge is 0.354 e. The van der Waals surface area contributed by atoms with E-state index in [9.17, 15) is 4.79 Å². The number of aromatic nitrogens is 1. The van der Waals surface area contributed by atoms with E-state index >= 15 is 0 Å². The first-order valence-corrected chi connectivity index (χ1v) is 8.78. The van der Waals surface area contributed by atoms with Crippen LogP contribution in [-0.2, 0) is 6.54 Å². The molecule has 1 heterocycles. The predicted molar refractivity (Wildman–Crippen MR) is 106 cm³/mol. The third kappa shape index (κ3) is 4.48. The molecule has 0 atom stereocenters. The monoisotopic (exact) mass is 345 g/mol. The van der Waals surface area contributed by atoms with Crippen molar-refractivity contribution >= 4 is 17.3 Å². The zero-order chi connectivity index (χ0) is 18.4. The molecule has 0 aliphatic heterocycles. The van der Waals surface area contributed by atoms with E-state index in [1.807, 2.05) is 55.5 Å². The van der Waals surface area contributed by atoms with Gasteiger partial charge < -0.3 is 10.2 Å². The lowest BCUT2D eigenvalue weighted by Crippen LogP contribution is -2.30. The first-order chi connectivity index (χ1) is 12.7. The van der Waals surface area contributed by atoms with Gasteiger partial charge in [0.05, 0.1) is 11.9 Å². The second kappa shape index (κ2) is 8.30. The molecule has 132 valence electrons. The molecule has 1 N–H and O–H groups in total. The maximum atomic E-state index is 12.7. The van der Waals surface area contributed by atoms with Crippen molar-refractivity contribution in [1.29, 1.82) is 0 Å². The summed E-state index contributed by atoms with van der Waals surface area (Å²) < 4.78 is 0. The maximum Gasteiger partial charge on any atom is 0.272 e. The first-order valence-electron chi connectivity index (χ1n) is 8.78. The van der Waals surface area contributed by atoms with Crippen LogP contribution in [0.4, 0.5) is 11.4 Å². The molecule has 0 unspecified atom stereocenters. The minimum atomic E-state index is -0.0570. The Bertz CT molecular complexity index is 860. The van der Waals surface area contributed by atoms with Crippen molar-refractivity contribution in [2.24, 2.45) is 0 Å². The predicted octanol–water partition coefficient (Wildman–Crippen LogP) is 4.80. The van der Waals surface area contributed by atoms with Crippen LogP contribution in [0.3, 0.4) is 0 Å². The van der Waals surface area contributed by atoms with Crippen molar-refractivity contribution in [2.75, 3.05) is 11.9 Å². The third-order valence-corrected chi connectivity index (χ3v) is 4.17. The molecule has 3 rings (SSSR count). The summed E-state index contributed by atoms with van der Waals surface area (Å²) in [5.41, 5.74) is 4.62. The second-order valence-corrected chi connectivity index (χ2v) is 6.23. The van der Waals surface area contributed by atoms with Gasteiger partial charge in [0.15, 0.2) is 0 Å². The topological polar surface area (TPSA) is 45.2 Å². The van der Waals surface area contributed by atoms with E-state index in [4.69, 9.17) is 0 Å². The Morgan fingerprint density at radius 3 is 2.46 bits per heavy atom. The number of aryl methyl sites for hydroxylation is 1. The molecule has 1 amide bonds. The molecule has 0 bridgehead atoms. The highest BCUT2D eigenvalue weighted by molar-refractivity contribution is 5.92. The first kappa shape index (κ1) is 17.7. The van der Waals surface area contributed by atoms with Crippen LogP contribution in [0.25, 0.3) is 0 Å². The number of anilines is 2. The van der Waals surface area contributed by atoms with Crippen LogP contribution >= 0.6 is 0 Å². The fraction of sp³-hybridized carbons (Fsp3) is 0.182. The fourth-order valence-electron chi connectivity index (χ4n) is 2.78. The second-order valence-electron chi connectivity index (χ2n) is 6.23. The van der Waals surface area contributed by atoms with Gasteiger partial charge in [-0.05, 0) is 49.2 Å². The van der Waals surface area contributed by atoms with E-state index in [2.05, 4.69) is 29.4 Å². The number of amides is 1. The molecular weight excluding hydrogens is 322 g/mol. The van der Waals surface area contributed by atoms with Gasteiger partial charge in [0.25, 0.3) is 5.91 Å². The van der Waals surface area contributed by atoms with Crippen LogP contribution in [0.5, 0.6) is 0 Å². The Kier molecular flexibility index (Phi) is 5.64. The average molecular weight is 345 g/mol. The number of nitrogens with zero attached hydrogens (tertiary/aromatic N) is 2. The number of carbonyl (C=O) groups is 1. The fourth-order valence-corrected chi connectivity index (χ4v) is 2.78. The molecule has 3 aromatic rings. The Labute approximate surface area is 154 Å². The van der Waals surface area contributed by atoms with E-state index in [0.717, 1.165) is 16.9 Å². The molecule has 0 aliphatic rings. The molecule has 0 saturated carbocycles. The van der Waals surface area contributed by atoms with Crippen LogP contribution in [0.15, 0.2) is 72.9 Å². The summed E-state index contributed by atoms with van der Waals surface area (Å²) in [6, 6.07) is 21.8. The standard InChI is InChI=1S/C22H23N3O/c1-3-25(16-18-9-5-4-6-10-18)22(26)21-13-12-20(15-23-21)24-19-11-7-8-17(2)14-19/h4-15,24H,3,16H2,1-2H3. The summed E-state index contributed by atoms with van der Waals surface area (Å²) in [5.74, 6) is -0.0570. The van der Waals surface area contributed by atoms with Crippen molar-refractivity contribution in [1.82, 2.24) is 9.88 Å². The number of hydrogen-bond acceptors (Lipinski definition) is 3. The normalized spacial score (nSPS) is 10.4. The van der Waals surface area contributed by atoms with Gasteiger partial charge in [-0.15, -0.1) is 0 Å². The Morgan fingerprint density at radius 1 is 1.00 bits per heavy atom. The molecule has 2 aromatic carbocycles. The van der Waals surface area contributed by atoms with E-state index in [0.29, 0.717) is 18.8 Å². The molecule has 4 heteroatoms. The Balaban J connectivity index is 1.69. The number of pyridine rings is 1. The quantitative estimate of drug-likeness (QED) is 0.698. The molecular formula is C22H23N3O. The Hall–Kier alpha value is -3.14. The van der Waals surface area contributed by atoms with Gasteiger partial charge >= 0.3 is 0 Å². The van der Waals surface area contributed by atoms with E-state index in [1.54, 1.807) is 17.2 Å². The number of rotatable bonds is 6. The van der Waals surface area contributed by atoms with Crippen LogP contribution in [0.2, 0.25) is 0 Å². The highest BCUT2D eigenvalue weighted by atomic mass is 16.2. The van der Waals surface area contributed by atoms with Gasteiger partial charge in [-0.25, -0.2) is 4.98 Å². The number of nitrogens with one attached hydrogen (secondary N) is 1. The number of carbonyl (C=O) groups excluding carboxylic acids is 1. The minimum absolute atomic E-state index is 0.0570. The number of benzene rings is 2. The van der Waals surface area contributed by atoms with E-state index in [-0.39, 0.29) is 5.91 Å². The summed E-state index contributed by atoms with van der Waals surface area (Å²) in [6.07, 6.45) is 1.70. The molecule has 26 heavy (non-hydrogen) atoms. The molecule has 4 nitrogen and oxygen atoms in total. The van der Waals surface area contributed by atoms with Crippen molar-refractivity contribution in [2.45, 2.75) is 20.4 Å². The average Bonchev–Trinajstić information content (AvgIpc) is 2.67. The maximum absolute atomic E-state index is 12.7. The lowest BCUT2D eigenvalue weighted by Gasteiger charge is -2.20. The van der Waals surface area contributed by atoms with Gasteiger partial charge in [-0.1, -0.05) is 42.5 Å². The van der Waals surface area contributed by atoms with Gasteiger partial charge in [0.1, 0.15) is 5.69 Å². The van der Waals surface area contributed by atoms with Crippen molar-refractivity contribution in [3.8, 4) is 0 Å². The third-order valence-electron chi connectivity index (χ3n) is 4.17. The van der Waals surface area contributed by atoms with Gasteiger partial charge in [-0.3, -0.25) is 4.79 Å². The highest BCUT2D eigenvalue weighted by Gasteiger charge is 2.15. The molecule has 0 fully saturated rings. The Morgan fingerprint density at radius 2 is 1.81 bits per heavy atom. The molecule has 0 spiro atoms.